The second kappa shape index (κ2) is 11.9. The van der Waals surface area contributed by atoms with Crippen LogP contribution in [-0.2, 0) is 0 Å². The van der Waals surface area contributed by atoms with Gasteiger partial charge in [-0.15, -0.1) is 0 Å². The first kappa shape index (κ1) is 29.1. The highest BCUT2D eigenvalue weighted by molar-refractivity contribution is 6.07. The Labute approximate surface area is 296 Å². The van der Waals surface area contributed by atoms with Crippen LogP contribution in [0.25, 0.3) is 88.8 Å². The standard InChI is InChI=1S/C48H30N2O/c1-3-12-31(13-4-1)34-18-9-19-36(28-34)43-30-44(50-48(49-43)33-14-5-2-6-15-33)40-26-25-37(38-20-7-8-21-39(38)40)35-24-27-45-42(29-35)41-22-10-16-32-17-11-23-46(51-45)47(32)41/h1-30H. The Balaban J connectivity index is 1.13. The van der Waals surface area contributed by atoms with Crippen molar-refractivity contribution in [2.75, 3.05) is 0 Å². The molecule has 3 heteroatoms. The smallest absolute Gasteiger partial charge is 0.160 e. The molecule has 0 saturated heterocycles. The maximum atomic E-state index is 6.42. The van der Waals surface area contributed by atoms with E-state index < -0.39 is 0 Å². The van der Waals surface area contributed by atoms with Crippen LogP contribution in [0.4, 0.5) is 0 Å². The van der Waals surface area contributed by atoms with Crippen LogP contribution in [0.1, 0.15) is 0 Å². The van der Waals surface area contributed by atoms with Gasteiger partial charge >= 0.3 is 0 Å². The van der Waals surface area contributed by atoms with Crippen molar-refractivity contribution in [3.63, 3.8) is 0 Å². The predicted octanol–water partition coefficient (Wildman–Crippen LogP) is 12.9. The maximum Gasteiger partial charge on any atom is 0.160 e. The fourth-order valence-electron chi connectivity index (χ4n) is 7.44. The fraction of sp³-hybridized carbons (Fsp3) is 0. The number of hydrogen-bond donors (Lipinski definition) is 0. The Kier molecular flexibility index (Phi) is 6.81. The minimum absolute atomic E-state index is 0.700. The lowest BCUT2D eigenvalue weighted by Crippen LogP contribution is -1.98. The summed E-state index contributed by atoms with van der Waals surface area (Å²) in [6.45, 7) is 0. The van der Waals surface area contributed by atoms with Gasteiger partial charge in [0.2, 0.25) is 0 Å². The molecular formula is C48H30N2O. The zero-order valence-corrected chi connectivity index (χ0v) is 27.6. The molecule has 51 heavy (non-hydrogen) atoms. The van der Waals surface area contributed by atoms with Crippen LogP contribution in [-0.4, -0.2) is 9.97 Å². The van der Waals surface area contributed by atoms with Gasteiger partial charge in [0.25, 0.3) is 0 Å². The van der Waals surface area contributed by atoms with Crippen LogP contribution >= 0.6 is 0 Å². The van der Waals surface area contributed by atoms with Crippen molar-refractivity contribution < 1.29 is 4.74 Å². The third kappa shape index (κ3) is 5.06. The summed E-state index contributed by atoms with van der Waals surface area (Å²) in [6, 6.07) is 63.8. The van der Waals surface area contributed by atoms with Gasteiger partial charge in [0, 0.05) is 27.6 Å². The highest BCUT2D eigenvalue weighted by Crippen LogP contribution is 2.48. The molecule has 238 valence electrons. The molecule has 0 bridgehead atoms. The van der Waals surface area contributed by atoms with Gasteiger partial charge in [-0.1, -0.05) is 152 Å². The van der Waals surface area contributed by atoms with E-state index in [0.717, 1.165) is 78.0 Å². The lowest BCUT2D eigenvalue weighted by Gasteiger charge is -2.22. The van der Waals surface area contributed by atoms with Gasteiger partial charge < -0.3 is 4.74 Å². The first-order valence-corrected chi connectivity index (χ1v) is 17.2. The van der Waals surface area contributed by atoms with Crippen molar-refractivity contribution in [2.24, 2.45) is 0 Å². The molecule has 0 saturated carbocycles. The molecule has 0 aliphatic carbocycles. The van der Waals surface area contributed by atoms with Crippen LogP contribution in [0.3, 0.4) is 0 Å². The lowest BCUT2D eigenvalue weighted by molar-refractivity contribution is 0.487. The average Bonchev–Trinajstić information content (AvgIpc) is 3.21. The van der Waals surface area contributed by atoms with Gasteiger partial charge in [0.05, 0.1) is 11.4 Å². The number of nitrogens with zero attached hydrogens (tertiary/aromatic N) is 2. The van der Waals surface area contributed by atoms with Crippen molar-refractivity contribution in [3.8, 4) is 78.8 Å². The molecule has 2 heterocycles. The topological polar surface area (TPSA) is 35.0 Å². The van der Waals surface area contributed by atoms with Crippen LogP contribution < -0.4 is 4.74 Å². The quantitative estimate of drug-likeness (QED) is 0.186. The van der Waals surface area contributed by atoms with E-state index in [4.69, 9.17) is 14.7 Å². The van der Waals surface area contributed by atoms with Crippen LogP contribution in [0.2, 0.25) is 0 Å². The molecule has 10 rings (SSSR count). The first-order chi connectivity index (χ1) is 25.3. The predicted molar refractivity (Wildman–Crippen MR) is 210 cm³/mol. The number of rotatable bonds is 5. The molecule has 1 aliphatic heterocycles. The Morgan fingerprint density at radius 3 is 1.80 bits per heavy atom. The Hall–Kier alpha value is -6.84. The number of fused-ring (bicyclic) bond motifs is 3. The molecule has 9 aromatic rings. The average molecular weight is 651 g/mol. The van der Waals surface area contributed by atoms with E-state index in [-0.39, 0.29) is 0 Å². The minimum Gasteiger partial charge on any atom is -0.456 e. The van der Waals surface area contributed by atoms with E-state index in [0.29, 0.717) is 5.82 Å². The molecule has 0 atom stereocenters. The first-order valence-electron chi connectivity index (χ1n) is 17.2. The molecule has 1 aromatic heterocycles. The van der Waals surface area contributed by atoms with Crippen LogP contribution in [0.15, 0.2) is 182 Å². The van der Waals surface area contributed by atoms with E-state index in [1.54, 1.807) is 0 Å². The summed E-state index contributed by atoms with van der Waals surface area (Å²) in [5.74, 6) is 2.48. The SMILES string of the molecule is c1ccc(-c2cccc(-c3cc(-c4ccc(-c5ccc6c(c5)-c5cccc7cccc(c57)O6)c5ccccc45)nc(-c4ccccc4)n3)c2)cc1. The second-order valence-corrected chi connectivity index (χ2v) is 13.0. The van der Waals surface area contributed by atoms with Crippen LogP contribution in [0, 0.1) is 0 Å². The van der Waals surface area contributed by atoms with Crippen molar-refractivity contribution >= 4 is 21.5 Å². The van der Waals surface area contributed by atoms with E-state index in [2.05, 4.69) is 158 Å². The molecular weight excluding hydrogens is 621 g/mol. The van der Waals surface area contributed by atoms with E-state index >= 15 is 0 Å². The summed E-state index contributed by atoms with van der Waals surface area (Å²) in [7, 11) is 0. The van der Waals surface area contributed by atoms with Crippen molar-refractivity contribution in [1.29, 1.82) is 0 Å². The molecule has 0 amide bonds. The highest BCUT2D eigenvalue weighted by Gasteiger charge is 2.21. The number of aromatic nitrogens is 2. The van der Waals surface area contributed by atoms with Gasteiger partial charge in [-0.05, 0) is 74.3 Å². The molecule has 0 unspecified atom stereocenters. The third-order valence-electron chi connectivity index (χ3n) is 9.89. The van der Waals surface area contributed by atoms with E-state index in [1.165, 1.54) is 16.5 Å². The monoisotopic (exact) mass is 650 g/mol. The minimum atomic E-state index is 0.700. The normalized spacial score (nSPS) is 11.7. The molecule has 0 spiro atoms. The third-order valence-corrected chi connectivity index (χ3v) is 9.89. The molecule has 1 aliphatic rings. The van der Waals surface area contributed by atoms with Gasteiger partial charge in [0.1, 0.15) is 11.5 Å². The highest BCUT2D eigenvalue weighted by atomic mass is 16.5. The summed E-state index contributed by atoms with van der Waals surface area (Å²) in [5, 5.41) is 4.64. The number of hydrogen-bond acceptors (Lipinski definition) is 3. The zero-order chi connectivity index (χ0) is 33.7. The molecule has 0 N–H and O–H groups in total. The van der Waals surface area contributed by atoms with Gasteiger partial charge in [-0.3, -0.25) is 0 Å². The van der Waals surface area contributed by atoms with Gasteiger partial charge in [-0.25, -0.2) is 9.97 Å². The Morgan fingerprint density at radius 2 is 0.980 bits per heavy atom. The molecule has 0 fully saturated rings. The fourth-order valence-corrected chi connectivity index (χ4v) is 7.44. The van der Waals surface area contributed by atoms with Crippen molar-refractivity contribution in [3.05, 3.63) is 182 Å². The Bertz CT molecular complexity index is 2770. The summed E-state index contributed by atoms with van der Waals surface area (Å²) < 4.78 is 6.42. The number of benzene rings is 8. The van der Waals surface area contributed by atoms with Crippen molar-refractivity contribution in [2.45, 2.75) is 0 Å². The van der Waals surface area contributed by atoms with Crippen molar-refractivity contribution in [1.82, 2.24) is 9.97 Å². The van der Waals surface area contributed by atoms with Gasteiger partial charge in [0.15, 0.2) is 5.82 Å². The summed E-state index contributed by atoms with van der Waals surface area (Å²) in [4.78, 5) is 10.3. The summed E-state index contributed by atoms with van der Waals surface area (Å²) >= 11 is 0. The van der Waals surface area contributed by atoms with Gasteiger partial charge in [-0.2, -0.15) is 0 Å². The molecule has 0 radical (unpaired) electrons. The van der Waals surface area contributed by atoms with E-state index in [1.807, 2.05) is 24.3 Å². The summed E-state index contributed by atoms with van der Waals surface area (Å²) in [6.07, 6.45) is 0. The second-order valence-electron chi connectivity index (χ2n) is 13.0. The number of ether oxygens (including phenoxy) is 1. The largest absolute Gasteiger partial charge is 0.456 e. The Morgan fingerprint density at radius 1 is 0.333 bits per heavy atom. The maximum absolute atomic E-state index is 6.42. The lowest BCUT2D eigenvalue weighted by atomic mass is 9.89. The molecule has 3 nitrogen and oxygen atoms in total. The molecule has 8 aromatic carbocycles. The summed E-state index contributed by atoms with van der Waals surface area (Å²) in [5.41, 5.74) is 11.8. The van der Waals surface area contributed by atoms with Crippen LogP contribution in [0.5, 0.6) is 11.5 Å². The van der Waals surface area contributed by atoms with E-state index in [9.17, 15) is 0 Å². The zero-order valence-electron chi connectivity index (χ0n) is 27.6.